The number of pyridine rings is 1. The largest absolute Gasteiger partial charge is 0.479 e. The normalized spacial score (nSPS) is 17.7. The number of Topliss-reactive ketones (excluding diaryl/α,β-unsaturated/α-hetero) is 1. The highest BCUT2D eigenvalue weighted by atomic mass is 16.5. The van der Waals surface area contributed by atoms with Crippen molar-refractivity contribution in [3.05, 3.63) is 58.0 Å². The van der Waals surface area contributed by atoms with Crippen molar-refractivity contribution >= 4 is 17.4 Å². The van der Waals surface area contributed by atoms with Gasteiger partial charge in [0.25, 0.3) is 11.5 Å². The zero-order valence-electron chi connectivity index (χ0n) is 14.6. The summed E-state index contributed by atoms with van der Waals surface area (Å²) in [4.78, 5) is 38.5. The summed E-state index contributed by atoms with van der Waals surface area (Å²) in [5.74, 6) is 0.194. The van der Waals surface area contributed by atoms with Crippen LogP contribution in [0.15, 0.2) is 41.3 Å². The maximum atomic E-state index is 12.8. The third kappa shape index (κ3) is 2.95. The minimum Gasteiger partial charge on any atom is -0.479 e. The first-order chi connectivity index (χ1) is 11.8. The first-order valence-electron chi connectivity index (χ1n) is 8.11. The smallest absolute Gasteiger partial charge is 0.267 e. The molecule has 0 saturated heterocycles. The SMILES string of the molecule is Cc1ccn(C(C)C(=O)c2ccc3c(c2)N(C)C(=O)C(C)O3)c(=O)c1. The van der Waals surface area contributed by atoms with E-state index in [1.54, 1.807) is 51.4 Å². The molecule has 2 atom stereocenters. The van der Waals surface area contributed by atoms with Gasteiger partial charge in [-0.3, -0.25) is 14.4 Å². The van der Waals surface area contributed by atoms with Gasteiger partial charge in [0.1, 0.15) is 5.75 Å². The average Bonchev–Trinajstić information content (AvgIpc) is 2.58. The molecule has 0 fully saturated rings. The Morgan fingerprint density at radius 2 is 1.92 bits per heavy atom. The molecule has 3 rings (SSSR count). The Balaban J connectivity index is 1.96. The van der Waals surface area contributed by atoms with Crippen LogP contribution in [-0.2, 0) is 4.79 Å². The van der Waals surface area contributed by atoms with Gasteiger partial charge in [-0.2, -0.15) is 0 Å². The van der Waals surface area contributed by atoms with Crippen LogP contribution in [-0.4, -0.2) is 29.4 Å². The molecule has 25 heavy (non-hydrogen) atoms. The highest BCUT2D eigenvalue weighted by Gasteiger charge is 2.30. The lowest BCUT2D eigenvalue weighted by atomic mass is 10.0. The van der Waals surface area contributed by atoms with E-state index in [2.05, 4.69) is 0 Å². The second kappa shape index (κ2) is 6.20. The van der Waals surface area contributed by atoms with Crippen molar-refractivity contribution < 1.29 is 14.3 Å². The quantitative estimate of drug-likeness (QED) is 0.804. The molecule has 0 radical (unpaired) electrons. The Kier molecular flexibility index (Phi) is 4.20. The van der Waals surface area contributed by atoms with Gasteiger partial charge in [-0.1, -0.05) is 0 Å². The maximum absolute atomic E-state index is 12.8. The second-order valence-electron chi connectivity index (χ2n) is 6.33. The standard InChI is InChI=1S/C19H20N2O4/c1-11-7-8-21(17(22)9-11)12(2)18(23)14-5-6-16-15(10-14)20(4)19(24)13(3)25-16/h5-10,12-13H,1-4H3. The number of hydrogen-bond acceptors (Lipinski definition) is 4. The van der Waals surface area contributed by atoms with Crippen molar-refractivity contribution in [2.75, 3.05) is 11.9 Å². The fourth-order valence-electron chi connectivity index (χ4n) is 2.94. The van der Waals surface area contributed by atoms with Gasteiger partial charge in [0.05, 0.1) is 11.7 Å². The zero-order valence-corrected chi connectivity index (χ0v) is 14.6. The van der Waals surface area contributed by atoms with E-state index in [-0.39, 0.29) is 17.2 Å². The molecule has 6 heteroatoms. The van der Waals surface area contributed by atoms with Crippen molar-refractivity contribution in [3.63, 3.8) is 0 Å². The molecule has 1 amide bonds. The summed E-state index contributed by atoms with van der Waals surface area (Å²) in [6, 6.07) is 7.63. The summed E-state index contributed by atoms with van der Waals surface area (Å²) in [5, 5.41) is 0. The number of amides is 1. The molecule has 2 unspecified atom stereocenters. The Morgan fingerprint density at radius 3 is 2.60 bits per heavy atom. The van der Waals surface area contributed by atoms with Crippen LogP contribution < -0.4 is 15.2 Å². The third-order valence-electron chi connectivity index (χ3n) is 4.49. The molecule has 0 saturated carbocycles. The van der Waals surface area contributed by atoms with E-state index in [0.29, 0.717) is 17.0 Å². The highest BCUT2D eigenvalue weighted by Crippen LogP contribution is 2.34. The summed E-state index contributed by atoms with van der Waals surface area (Å²) >= 11 is 0. The molecule has 1 aromatic carbocycles. The first-order valence-corrected chi connectivity index (χ1v) is 8.11. The number of rotatable bonds is 3. The van der Waals surface area contributed by atoms with Gasteiger partial charge in [0.2, 0.25) is 0 Å². The molecular weight excluding hydrogens is 320 g/mol. The van der Waals surface area contributed by atoms with Gasteiger partial charge >= 0.3 is 0 Å². The van der Waals surface area contributed by atoms with Crippen molar-refractivity contribution in [2.45, 2.75) is 32.9 Å². The van der Waals surface area contributed by atoms with Gasteiger partial charge in [-0.15, -0.1) is 0 Å². The number of ether oxygens (including phenoxy) is 1. The number of carbonyl (C=O) groups is 2. The fourth-order valence-corrected chi connectivity index (χ4v) is 2.94. The predicted molar refractivity (Wildman–Crippen MR) is 94.4 cm³/mol. The molecule has 1 aliphatic rings. The van der Waals surface area contributed by atoms with Crippen LogP contribution >= 0.6 is 0 Å². The summed E-state index contributed by atoms with van der Waals surface area (Å²) in [6.45, 7) is 5.20. The molecule has 2 aromatic rings. The van der Waals surface area contributed by atoms with Crippen LogP contribution in [0.5, 0.6) is 5.75 Å². The van der Waals surface area contributed by atoms with Crippen molar-refractivity contribution in [1.29, 1.82) is 0 Å². The highest BCUT2D eigenvalue weighted by molar-refractivity contribution is 6.03. The number of likely N-dealkylation sites (N-methyl/N-ethyl adjacent to an activating group) is 1. The lowest BCUT2D eigenvalue weighted by Crippen LogP contribution is -2.42. The topological polar surface area (TPSA) is 68.6 Å². The molecule has 1 aromatic heterocycles. The number of aromatic nitrogens is 1. The maximum Gasteiger partial charge on any atom is 0.267 e. The monoisotopic (exact) mass is 340 g/mol. The van der Waals surface area contributed by atoms with Gasteiger partial charge in [0, 0.05) is 24.9 Å². The minimum absolute atomic E-state index is 0.167. The number of carbonyl (C=O) groups excluding carboxylic acids is 2. The lowest BCUT2D eigenvalue weighted by Gasteiger charge is -2.30. The molecule has 6 nitrogen and oxygen atoms in total. The van der Waals surface area contributed by atoms with Crippen molar-refractivity contribution in [2.24, 2.45) is 0 Å². The Hall–Kier alpha value is -2.89. The number of anilines is 1. The van der Waals surface area contributed by atoms with Gasteiger partial charge in [-0.05, 0) is 50.6 Å². The Bertz CT molecular complexity index is 916. The van der Waals surface area contributed by atoms with Gasteiger partial charge < -0.3 is 14.2 Å². The number of hydrogen-bond donors (Lipinski definition) is 0. The molecule has 0 bridgehead atoms. The van der Waals surface area contributed by atoms with Crippen LogP contribution in [0.3, 0.4) is 0 Å². The number of nitrogens with zero attached hydrogens (tertiary/aromatic N) is 2. The van der Waals surface area contributed by atoms with Gasteiger partial charge in [0.15, 0.2) is 11.9 Å². The molecule has 0 spiro atoms. The van der Waals surface area contributed by atoms with Crippen LogP contribution in [0.1, 0.15) is 35.8 Å². The van der Waals surface area contributed by atoms with E-state index in [9.17, 15) is 14.4 Å². The van der Waals surface area contributed by atoms with E-state index >= 15 is 0 Å². The molecule has 130 valence electrons. The molecule has 0 aliphatic carbocycles. The Morgan fingerprint density at radius 1 is 1.20 bits per heavy atom. The van der Waals surface area contributed by atoms with Gasteiger partial charge in [-0.25, -0.2) is 0 Å². The molecule has 2 heterocycles. The Labute approximate surface area is 145 Å². The van der Waals surface area contributed by atoms with E-state index in [1.807, 2.05) is 6.92 Å². The lowest BCUT2D eigenvalue weighted by molar-refractivity contribution is -0.125. The zero-order chi connectivity index (χ0) is 18.3. The van der Waals surface area contributed by atoms with Crippen LogP contribution in [0.25, 0.3) is 0 Å². The number of fused-ring (bicyclic) bond motifs is 1. The second-order valence-corrected chi connectivity index (χ2v) is 6.33. The van der Waals surface area contributed by atoms with Crippen LogP contribution in [0, 0.1) is 6.92 Å². The van der Waals surface area contributed by atoms with Crippen LogP contribution in [0.4, 0.5) is 5.69 Å². The first kappa shape index (κ1) is 17.0. The minimum atomic E-state index is -0.643. The van der Waals surface area contributed by atoms with E-state index < -0.39 is 12.1 Å². The third-order valence-corrected chi connectivity index (χ3v) is 4.49. The number of benzene rings is 1. The molecular formula is C19H20N2O4. The molecule has 0 N–H and O–H groups in total. The summed E-state index contributed by atoms with van der Waals surface area (Å²) in [7, 11) is 1.66. The fraction of sp³-hybridized carbons (Fsp3) is 0.316. The van der Waals surface area contributed by atoms with Crippen molar-refractivity contribution in [1.82, 2.24) is 4.57 Å². The van der Waals surface area contributed by atoms with E-state index in [0.717, 1.165) is 5.56 Å². The van der Waals surface area contributed by atoms with Crippen molar-refractivity contribution in [3.8, 4) is 5.75 Å². The predicted octanol–water partition coefficient (Wildman–Crippen LogP) is 2.34. The van der Waals surface area contributed by atoms with E-state index in [1.165, 1.54) is 15.5 Å². The van der Waals surface area contributed by atoms with Crippen LogP contribution in [0.2, 0.25) is 0 Å². The summed E-state index contributed by atoms with van der Waals surface area (Å²) in [5.41, 5.74) is 1.61. The average molecular weight is 340 g/mol. The number of ketones is 1. The molecule has 1 aliphatic heterocycles. The summed E-state index contributed by atoms with van der Waals surface area (Å²) in [6.07, 6.45) is 1.07. The summed E-state index contributed by atoms with van der Waals surface area (Å²) < 4.78 is 6.97. The van der Waals surface area contributed by atoms with E-state index in [4.69, 9.17) is 4.74 Å². The number of aryl methyl sites for hydroxylation is 1.